The largest absolute Gasteiger partial charge is 0.467 e. The average molecular weight is 435 g/mol. The van der Waals surface area contributed by atoms with Gasteiger partial charge in [0.2, 0.25) is 0 Å². The summed E-state index contributed by atoms with van der Waals surface area (Å²) in [5.74, 6) is 1.13. The lowest BCUT2D eigenvalue weighted by Gasteiger charge is -2.21. The second-order valence-electron chi connectivity index (χ2n) is 7.20. The van der Waals surface area contributed by atoms with E-state index in [1.165, 1.54) is 28.5 Å². The number of fused-ring (bicyclic) bond motifs is 2. The first-order chi connectivity index (χ1) is 15.1. The first-order valence-corrected chi connectivity index (χ1v) is 10.7. The zero-order valence-electron chi connectivity index (χ0n) is 16.7. The van der Waals surface area contributed by atoms with E-state index >= 15 is 0 Å². The number of rotatable bonds is 4. The molecule has 2 aromatic heterocycles. The highest BCUT2D eigenvalue weighted by atomic mass is 32.2. The third-order valence-corrected chi connectivity index (χ3v) is 5.97. The number of hydrogen-bond acceptors (Lipinski definition) is 6. The zero-order valence-corrected chi connectivity index (χ0v) is 17.5. The minimum atomic E-state index is -0.354. The Morgan fingerprint density at radius 2 is 2.06 bits per heavy atom. The standard InChI is InChI=1S/C23H18FN3O3S/c1-14-6-7-20(25-10-14)27-22(28)18-4-2-3-5-19(18)26-23(27)31-12-16-9-17(24)8-15-11-29-13-30-21(15)16/h2-10H,11-13H2,1H3. The van der Waals surface area contributed by atoms with Gasteiger partial charge in [-0.2, -0.15) is 0 Å². The van der Waals surface area contributed by atoms with Crippen LogP contribution in [-0.4, -0.2) is 21.3 Å². The Balaban J connectivity index is 1.60. The van der Waals surface area contributed by atoms with Crippen molar-refractivity contribution in [1.29, 1.82) is 0 Å². The number of benzene rings is 2. The minimum Gasteiger partial charge on any atom is -0.467 e. The van der Waals surface area contributed by atoms with Crippen molar-refractivity contribution < 1.29 is 13.9 Å². The summed E-state index contributed by atoms with van der Waals surface area (Å²) >= 11 is 1.33. The number of ether oxygens (including phenoxy) is 2. The Morgan fingerprint density at radius 3 is 2.90 bits per heavy atom. The van der Waals surface area contributed by atoms with Gasteiger partial charge in [0.25, 0.3) is 5.56 Å². The molecule has 0 radical (unpaired) electrons. The molecular formula is C23H18FN3O3S. The van der Waals surface area contributed by atoms with E-state index < -0.39 is 0 Å². The summed E-state index contributed by atoms with van der Waals surface area (Å²) in [5, 5.41) is 0.989. The molecule has 0 aliphatic carbocycles. The van der Waals surface area contributed by atoms with Crippen molar-refractivity contribution in [3.8, 4) is 11.6 Å². The monoisotopic (exact) mass is 435 g/mol. The topological polar surface area (TPSA) is 66.2 Å². The molecule has 0 atom stereocenters. The lowest BCUT2D eigenvalue weighted by atomic mass is 10.1. The Morgan fingerprint density at radius 1 is 1.19 bits per heavy atom. The predicted octanol–water partition coefficient (Wildman–Crippen LogP) is 4.39. The normalized spacial score (nSPS) is 13.1. The Labute approximate surface area is 181 Å². The van der Waals surface area contributed by atoms with Crippen LogP contribution in [0.15, 0.2) is 64.7 Å². The number of halogens is 1. The summed E-state index contributed by atoms with van der Waals surface area (Å²) in [6.07, 6.45) is 1.71. The highest BCUT2D eigenvalue weighted by Crippen LogP contribution is 2.34. The summed E-state index contributed by atoms with van der Waals surface area (Å²) in [7, 11) is 0. The van der Waals surface area contributed by atoms with Crippen LogP contribution < -0.4 is 10.3 Å². The molecule has 0 unspecified atom stereocenters. The highest BCUT2D eigenvalue weighted by molar-refractivity contribution is 7.98. The second-order valence-corrected chi connectivity index (χ2v) is 8.14. The molecule has 0 spiro atoms. The molecule has 31 heavy (non-hydrogen) atoms. The first-order valence-electron chi connectivity index (χ1n) is 9.69. The molecule has 0 bridgehead atoms. The summed E-state index contributed by atoms with van der Waals surface area (Å²) in [6.45, 7) is 2.37. The fourth-order valence-corrected chi connectivity index (χ4v) is 4.48. The third kappa shape index (κ3) is 3.80. The SMILES string of the molecule is Cc1ccc(-n2c(SCc3cc(F)cc4c3OCOC4)nc3ccccc3c2=O)nc1. The van der Waals surface area contributed by atoms with Crippen LogP contribution in [0, 0.1) is 12.7 Å². The van der Waals surface area contributed by atoms with Crippen molar-refractivity contribution in [3.05, 3.63) is 87.6 Å². The van der Waals surface area contributed by atoms with Gasteiger partial charge in [-0.3, -0.25) is 4.79 Å². The molecule has 1 aliphatic rings. The molecule has 5 rings (SSSR count). The molecule has 0 N–H and O–H groups in total. The van der Waals surface area contributed by atoms with Gasteiger partial charge < -0.3 is 9.47 Å². The Bertz CT molecular complexity index is 1340. The van der Waals surface area contributed by atoms with Crippen LogP contribution in [0.5, 0.6) is 5.75 Å². The maximum absolute atomic E-state index is 14.1. The van der Waals surface area contributed by atoms with Crippen molar-refractivity contribution in [2.24, 2.45) is 0 Å². The lowest BCUT2D eigenvalue weighted by Crippen LogP contribution is -2.22. The fraction of sp³-hybridized carbons (Fsp3) is 0.174. The van der Waals surface area contributed by atoms with E-state index in [1.54, 1.807) is 24.4 Å². The van der Waals surface area contributed by atoms with E-state index in [9.17, 15) is 9.18 Å². The van der Waals surface area contributed by atoms with Crippen molar-refractivity contribution in [1.82, 2.24) is 14.5 Å². The summed E-state index contributed by atoms with van der Waals surface area (Å²) in [4.78, 5) is 22.4. The molecular weight excluding hydrogens is 417 g/mol. The van der Waals surface area contributed by atoms with Gasteiger partial charge in [0.15, 0.2) is 11.9 Å². The molecule has 0 amide bonds. The maximum atomic E-state index is 14.1. The number of para-hydroxylation sites is 1. The number of aryl methyl sites for hydroxylation is 1. The van der Waals surface area contributed by atoms with Crippen molar-refractivity contribution in [3.63, 3.8) is 0 Å². The van der Waals surface area contributed by atoms with Gasteiger partial charge in [0.05, 0.1) is 17.5 Å². The highest BCUT2D eigenvalue weighted by Gasteiger charge is 2.19. The van der Waals surface area contributed by atoms with E-state index in [1.807, 2.05) is 25.1 Å². The molecule has 3 heterocycles. The van der Waals surface area contributed by atoms with Gasteiger partial charge in [-0.1, -0.05) is 30.0 Å². The van der Waals surface area contributed by atoms with E-state index in [-0.39, 0.29) is 18.2 Å². The molecule has 0 saturated carbocycles. The first kappa shape index (κ1) is 19.7. The van der Waals surface area contributed by atoms with E-state index in [2.05, 4.69) is 4.98 Å². The average Bonchev–Trinajstić information content (AvgIpc) is 2.78. The lowest BCUT2D eigenvalue weighted by molar-refractivity contribution is -0.0171. The number of nitrogens with zero attached hydrogens (tertiary/aromatic N) is 3. The molecule has 8 heteroatoms. The predicted molar refractivity (Wildman–Crippen MR) is 116 cm³/mol. The van der Waals surface area contributed by atoms with Gasteiger partial charge in [0, 0.05) is 23.1 Å². The molecule has 0 saturated heterocycles. The third-order valence-electron chi connectivity index (χ3n) is 4.98. The van der Waals surface area contributed by atoms with Crippen LogP contribution in [0.4, 0.5) is 4.39 Å². The summed E-state index contributed by atoms with van der Waals surface area (Å²) < 4.78 is 26.5. The minimum absolute atomic E-state index is 0.127. The van der Waals surface area contributed by atoms with Crippen LogP contribution >= 0.6 is 11.8 Å². The van der Waals surface area contributed by atoms with Gasteiger partial charge in [-0.05, 0) is 42.8 Å². The van der Waals surface area contributed by atoms with Crippen molar-refractivity contribution in [2.45, 2.75) is 24.4 Å². The Kier molecular flexibility index (Phi) is 5.17. The Hall–Kier alpha value is -3.23. The summed E-state index contributed by atoms with van der Waals surface area (Å²) in [6, 6.07) is 13.8. The summed E-state index contributed by atoms with van der Waals surface area (Å²) in [5.41, 5.74) is 2.75. The molecule has 156 valence electrons. The number of pyridine rings is 1. The van der Waals surface area contributed by atoms with E-state index in [0.29, 0.717) is 51.1 Å². The van der Waals surface area contributed by atoms with Gasteiger partial charge >= 0.3 is 0 Å². The van der Waals surface area contributed by atoms with Crippen LogP contribution in [0.25, 0.3) is 16.7 Å². The second kappa shape index (κ2) is 8.13. The van der Waals surface area contributed by atoms with E-state index in [4.69, 9.17) is 14.5 Å². The van der Waals surface area contributed by atoms with Crippen LogP contribution in [0.3, 0.4) is 0 Å². The molecule has 4 aromatic rings. The number of aromatic nitrogens is 3. The van der Waals surface area contributed by atoms with Gasteiger partial charge in [-0.15, -0.1) is 0 Å². The maximum Gasteiger partial charge on any atom is 0.267 e. The van der Waals surface area contributed by atoms with Crippen molar-refractivity contribution in [2.75, 3.05) is 6.79 Å². The van der Waals surface area contributed by atoms with Gasteiger partial charge in [0.1, 0.15) is 17.4 Å². The molecule has 0 fully saturated rings. The van der Waals surface area contributed by atoms with E-state index in [0.717, 1.165) is 5.56 Å². The van der Waals surface area contributed by atoms with Gasteiger partial charge in [-0.25, -0.2) is 18.9 Å². The molecule has 6 nitrogen and oxygen atoms in total. The van der Waals surface area contributed by atoms with Crippen LogP contribution in [0.2, 0.25) is 0 Å². The number of thioether (sulfide) groups is 1. The van der Waals surface area contributed by atoms with Crippen LogP contribution in [0.1, 0.15) is 16.7 Å². The quantitative estimate of drug-likeness (QED) is 0.350. The smallest absolute Gasteiger partial charge is 0.267 e. The van der Waals surface area contributed by atoms with Crippen molar-refractivity contribution >= 4 is 22.7 Å². The molecule has 2 aromatic carbocycles. The van der Waals surface area contributed by atoms with Crippen LogP contribution in [-0.2, 0) is 17.1 Å². The fourth-order valence-electron chi connectivity index (χ4n) is 3.51. The number of hydrogen-bond donors (Lipinski definition) is 0. The molecule has 1 aliphatic heterocycles. The zero-order chi connectivity index (χ0) is 21.4.